The molecule has 0 aliphatic rings. The van der Waals surface area contributed by atoms with E-state index in [-0.39, 0.29) is 0 Å². The molecule has 0 saturated carbocycles. The van der Waals surface area contributed by atoms with Gasteiger partial charge < -0.3 is 5.11 Å². The van der Waals surface area contributed by atoms with Gasteiger partial charge in [0.05, 0.1) is 22.5 Å². The summed E-state index contributed by atoms with van der Waals surface area (Å²) in [6, 6.07) is 13.8. The summed E-state index contributed by atoms with van der Waals surface area (Å²) in [4.78, 5) is 4.61. The first-order valence-electron chi connectivity index (χ1n) is 6.53. The van der Waals surface area contributed by atoms with Gasteiger partial charge in [0.2, 0.25) is 0 Å². The quantitative estimate of drug-likeness (QED) is 0.798. The van der Waals surface area contributed by atoms with Crippen LogP contribution in [-0.2, 0) is 6.42 Å². The van der Waals surface area contributed by atoms with Crippen LogP contribution in [0.5, 0.6) is 0 Å². The molecule has 0 saturated heterocycles. The lowest BCUT2D eigenvalue weighted by Gasteiger charge is -2.08. The number of imidazole rings is 1. The van der Waals surface area contributed by atoms with Crippen molar-refractivity contribution in [3.63, 3.8) is 0 Å². The monoisotopic (exact) mass is 286 g/mol. The van der Waals surface area contributed by atoms with Gasteiger partial charge in [0.1, 0.15) is 5.65 Å². The fourth-order valence-electron chi connectivity index (χ4n) is 2.45. The second kappa shape index (κ2) is 5.27. The highest BCUT2D eigenvalue weighted by atomic mass is 35.5. The Morgan fingerprint density at radius 1 is 1.20 bits per heavy atom. The normalized spacial score (nSPS) is 12.8. The van der Waals surface area contributed by atoms with Crippen LogP contribution in [0.4, 0.5) is 0 Å². The number of nitrogens with zero attached hydrogens (tertiary/aromatic N) is 2. The van der Waals surface area contributed by atoms with Crippen LogP contribution in [0.2, 0.25) is 5.02 Å². The van der Waals surface area contributed by atoms with Gasteiger partial charge in [-0.1, -0.05) is 41.9 Å². The average molecular weight is 287 g/mol. The molecule has 3 rings (SSSR count). The maximum absolute atomic E-state index is 10.1. The van der Waals surface area contributed by atoms with E-state index in [1.54, 1.807) is 13.1 Å². The van der Waals surface area contributed by atoms with E-state index in [4.69, 9.17) is 11.6 Å². The van der Waals surface area contributed by atoms with Crippen LogP contribution in [0, 0.1) is 0 Å². The van der Waals surface area contributed by atoms with Gasteiger partial charge in [-0.3, -0.25) is 4.40 Å². The Kier molecular flexibility index (Phi) is 3.47. The molecule has 1 N–H and O–H groups in total. The summed E-state index contributed by atoms with van der Waals surface area (Å²) in [5, 5.41) is 10.7. The van der Waals surface area contributed by atoms with Crippen molar-refractivity contribution < 1.29 is 5.11 Å². The van der Waals surface area contributed by atoms with Crippen molar-refractivity contribution >= 4 is 17.2 Å². The van der Waals surface area contributed by atoms with Crippen molar-refractivity contribution in [3.8, 4) is 0 Å². The van der Waals surface area contributed by atoms with E-state index in [2.05, 4.69) is 17.1 Å². The van der Waals surface area contributed by atoms with Crippen molar-refractivity contribution in [3.05, 3.63) is 70.6 Å². The SMILES string of the molecule is CC(O)c1c(Cc2ccccc2)nc2ccc(Cl)cn12. The van der Waals surface area contributed by atoms with Crippen molar-refractivity contribution in [2.24, 2.45) is 0 Å². The maximum atomic E-state index is 10.1. The van der Waals surface area contributed by atoms with Crippen molar-refractivity contribution in [1.82, 2.24) is 9.38 Å². The Morgan fingerprint density at radius 3 is 2.65 bits per heavy atom. The minimum atomic E-state index is -0.595. The predicted octanol–water partition coefficient (Wildman–Crippen LogP) is 3.63. The Labute approximate surface area is 122 Å². The molecule has 4 heteroatoms. The number of pyridine rings is 1. The Morgan fingerprint density at radius 2 is 1.95 bits per heavy atom. The van der Waals surface area contributed by atoms with Crippen LogP contribution in [0.3, 0.4) is 0 Å². The molecule has 2 aromatic heterocycles. The predicted molar refractivity (Wildman–Crippen MR) is 80.1 cm³/mol. The van der Waals surface area contributed by atoms with E-state index in [1.165, 1.54) is 5.56 Å². The molecule has 1 aromatic carbocycles. The zero-order valence-corrected chi connectivity index (χ0v) is 11.9. The van der Waals surface area contributed by atoms with Crippen LogP contribution < -0.4 is 0 Å². The lowest BCUT2D eigenvalue weighted by atomic mass is 10.1. The summed E-state index contributed by atoms with van der Waals surface area (Å²) in [7, 11) is 0. The number of aliphatic hydroxyl groups is 1. The minimum absolute atomic E-state index is 0.595. The molecule has 0 radical (unpaired) electrons. The lowest BCUT2D eigenvalue weighted by Crippen LogP contribution is -2.02. The number of hydrogen-bond donors (Lipinski definition) is 1. The second-order valence-corrected chi connectivity index (χ2v) is 5.29. The molecule has 3 nitrogen and oxygen atoms in total. The summed E-state index contributed by atoms with van der Waals surface area (Å²) in [5.41, 5.74) is 3.65. The third kappa shape index (κ3) is 2.42. The fourth-order valence-corrected chi connectivity index (χ4v) is 2.61. The molecule has 102 valence electrons. The van der Waals surface area contributed by atoms with Gasteiger partial charge in [-0.2, -0.15) is 0 Å². The molecule has 3 aromatic rings. The standard InChI is InChI=1S/C16H15ClN2O/c1-11(20)16-14(9-12-5-3-2-4-6-12)18-15-8-7-13(17)10-19(15)16/h2-8,10-11,20H,9H2,1H3. The minimum Gasteiger partial charge on any atom is -0.387 e. The molecule has 20 heavy (non-hydrogen) atoms. The molecule has 0 aliphatic carbocycles. The van der Waals surface area contributed by atoms with E-state index >= 15 is 0 Å². The fraction of sp³-hybridized carbons (Fsp3) is 0.188. The van der Waals surface area contributed by atoms with E-state index in [0.29, 0.717) is 11.4 Å². The van der Waals surface area contributed by atoms with Crippen molar-refractivity contribution in [1.29, 1.82) is 0 Å². The highest BCUT2D eigenvalue weighted by Crippen LogP contribution is 2.24. The number of aromatic nitrogens is 2. The van der Waals surface area contributed by atoms with Gasteiger partial charge in [-0.05, 0) is 24.6 Å². The first-order chi connectivity index (χ1) is 9.65. The lowest BCUT2D eigenvalue weighted by molar-refractivity contribution is 0.192. The van der Waals surface area contributed by atoms with Crippen molar-refractivity contribution in [2.45, 2.75) is 19.4 Å². The van der Waals surface area contributed by atoms with Crippen LogP contribution >= 0.6 is 11.6 Å². The maximum Gasteiger partial charge on any atom is 0.137 e. The molecule has 2 heterocycles. The van der Waals surface area contributed by atoms with Gasteiger partial charge in [0, 0.05) is 12.6 Å². The van der Waals surface area contributed by atoms with Gasteiger partial charge >= 0.3 is 0 Å². The summed E-state index contributed by atoms with van der Waals surface area (Å²) in [6.07, 6.45) is 1.89. The highest BCUT2D eigenvalue weighted by Gasteiger charge is 2.16. The van der Waals surface area contributed by atoms with Gasteiger partial charge in [-0.25, -0.2) is 4.98 Å². The molecular weight excluding hydrogens is 272 g/mol. The Bertz CT molecular complexity index is 735. The second-order valence-electron chi connectivity index (χ2n) is 4.86. The largest absolute Gasteiger partial charge is 0.387 e. The van der Waals surface area contributed by atoms with Crippen LogP contribution in [0.25, 0.3) is 5.65 Å². The van der Waals surface area contributed by atoms with E-state index in [1.807, 2.05) is 34.7 Å². The summed E-state index contributed by atoms with van der Waals surface area (Å²) in [6.45, 7) is 1.75. The van der Waals surface area contributed by atoms with Crippen LogP contribution in [0.1, 0.15) is 30.0 Å². The molecule has 0 bridgehead atoms. The average Bonchev–Trinajstić information content (AvgIpc) is 2.77. The Balaban J connectivity index is 2.12. The zero-order valence-electron chi connectivity index (χ0n) is 11.1. The van der Waals surface area contributed by atoms with Gasteiger partial charge in [-0.15, -0.1) is 0 Å². The summed E-state index contributed by atoms with van der Waals surface area (Å²) < 4.78 is 1.87. The van der Waals surface area contributed by atoms with E-state index in [0.717, 1.165) is 17.0 Å². The van der Waals surface area contributed by atoms with Crippen LogP contribution in [-0.4, -0.2) is 14.5 Å². The number of hydrogen-bond acceptors (Lipinski definition) is 2. The number of benzene rings is 1. The first-order valence-corrected chi connectivity index (χ1v) is 6.91. The molecule has 1 atom stereocenters. The third-order valence-corrected chi connectivity index (χ3v) is 3.53. The van der Waals surface area contributed by atoms with E-state index in [9.17, 15) is 5.11 Å². The molecular formula is C16H15ClN2O. The van der Waals surface area contributed by atoms with Gasteiger partial charge in [0.25, 0.3) is 0 Å². The molecule has 0 aliphatic heterocycles. The zero-order chi connectivity index (χ0) is 14.1. The molecule has 0 fully saturated rings. The highest BCUT2D eigenvalue weighted by molar-refractivity contribution is 6.30. The Hall–Kier alpha value is -1.84. The van der Waals surface area contributed by atoms with Gasteiger partial charge in [0.15, 0.2) is 0 Å². The summed E-state index contributed by atoms with van der Waals surface area (Å²) in [5.74, 6) is 0. The molecule has 0 spiro atoms. The molecule has 0 amide bonds. The number of halogens is 1. The van der Waals surface area contributed by atoms with Crippen LogP contribution in [0.15, 0.2) is 48.7 Å². The van der Waals surface area contributed by atoms with Crippen molar-refractivity contribution in [2.75, 3.05) is 0 Å². The summed E-state index contributed by atoms with van der Waals surface area (Å²) >= 11 is 6.03. The number of rotatable bonds is 3. The smallest absolute Gasteiger partial charge is 0.137 e. The topological polar surface area (TPSA) is 37.5 Å². The molecule has 1 unspecified atom stereocenters. The number of fused-ring (bicyclic) bond motifs is 1. The third-order valence-electron chi connectivity index (χ3n) is 3.31. The van der Waals surface area contributed by atoms with E-state index < -0.39 is 6.10 Å². The first kappa shape index (κ1) is 13.2. The number of aliphatic hydroxyl groups excluding tert-OH is 1.